The topological polar surface area (TPSA) is 34.1 Å². The molecule has 0 saturated heterocycles. The zero-order valence-corrected chi connectivity index (χ0v) is 11.0. The molecule has 0 amide bonds. The van der Waals surface area contributed by atoms with E-state index in [-0.39, 0.29) is 0 Å². The van der Waals surface area contributed by atoms with E-state index in [2.05, 4.69) is 24.1 Å². The lowest BCUT2D eigenvalue weighted by Crippen LogP contribution is -2.16. The van der Waals surface area contributed by atoms with E-state index in [4.69, 9.17) is 4.74 Å². The number of ether oxygens (including phenoxy) is 1. The molecule has 1 N–H and O–H groups in total. The summed E-state index contributed by atoms with van der Waals surface area (Å²) in [5.74, 6) is 3.91. The molecule has 0 aromatic carbocycles. The van der Waals surface area contributed by atoms with Gasteiger partial charge in [-0.2, -0.15) is 16.7 Å². The Kier molecular flexibility index (Phi) is 6.08. The Morgan fingerprint density at radius 2 is 2.31 bits per heavy atom. The van der Waals surface area contributed by atoms with Gasteiger partial charge in [0.2, 0.25) is 5.88 Å². The smallest absolute Gasteiger partial charge is 0.214 e. The van der Waals surface area contributed by atoms with Gasteiger partial charge in [0.15, 0.2) is 0 Å². The van der Waals surface area contributed by atoms with Crippen LogP contribution < -0.4 is 10.1 Å². The minimum atomic E-state index is 0.443. The van der Waals surface area contributed by atoms with Gasteiger partial charge in [0.05, 0.1) is 7.11 Å². The molecule has 4 heteroatoms. The fourth-order valence-corrected chi connectivity index (χ4v) is 2.15. The fourth-order valence-electron chi connectivity index (χ4n) is 1.34. The summed E-state index contributed by atoms with van der Waals surface area (Å²) >= 11 is 1.97. The molecule has 0 aliphatic heterocycles. The quantitative estimate of drug-likeness (QED) is 0.743. The standard InChI is InChI=1S/C12H20N2OS/c1-4-16-9-8-10(2)13-11-6-5-7-12(14-11)15-3/h5-7,10H,4,8-9H2,1-3H3,(H,13,14). The van der Waals surface area contributed by atoms with E-state index >= 15 is 0 Å². The van der Waals surface area contributed by atoms with Crippen molar-refractivity contribution in [1.82, 2.24) is 4.98 Å². The molecule has 1 heterocycles. The molecule has 0 saturated carbocycles. The van der Waals surface area contributed by atoms with Crippen LogP contribution in [0.5, 0.6) is 5.88 Å². The predicted molar refractivity (Wildman–Crippen MR) is 71.5 cm³/mol. The molecule has 0 spiro atoms. The van der Waals surface area contributed by atoms with Gasteiger partial charge in [-0.25, -0.2) is 0 Å². The Labute approximate surface area is 102 Å². The second-order valence-electron chi connectivity index (χ2n) is 3.60. The highest BCUT2D eigenvalue weighted by molar-refractivity contribution is 7.99. The van der Waals surface area contributed by atoms with E-state index in [0.717, 1.165) is 12.2 Å². The number of aromatic nitrogens is 1. The third-order valence-corrected chi connectivity index (χ3v) is 3.16. The first-order valence-corrected chi connectivity index (χ1v) is 6.77. The van der Waals surface area contributed by atoms with E-state index in [0.29, 0.717) is 11.9 Å². The van der Waals surface area contributed by atoms with Gasteiger partial charge in [-0.1, -0.05) is 13.0 Å². The van der Waals surface area contributed by atoms with Crippen LogP contribution in [0.3, 0.4) is 0 Å². The largest absolute Gasteiger partial charge is 0.481 e. The molecule has 0 fully saturated rings. The first kappa shape index (κ1) is 13.2. The first-order valence-electron chi connectivity index (χ1n) is 5.61. The summed E-state index contributed by atoms with van der Waals surface area (Å²) in [7, 11) is 1.63. The summed E-state index contributed by atoms with van der Waals surface area (Å²) in [6, 6.07) is 6.20. The average Bonchev–Trinajstić information content (AvgIpc) is 2.29. The number of thioether (sulfide) groups is 1. The lowest BCUT2D eigenvalue weighted by molar-refractivity contribution is 0.398. The Morgan fingerprint density at radius 1 is 1.50 bits per heavy atom. The van der Waals surface area contributed by atoms with Crippen molar-refractivity contribution in [3.63, 3.8) is 0 Å². The van der Waals surface area contributed by atoms with Crippen LogP contribution in [0.15, 0.2) is 18.2 Å². The molecule has 1 aromatic rings. The second kappa shape index (κ2) is 7.39. The number of hydrogen-bond donors (Lipinski definition) is 1. The molecular formula is C12H20N2OS. The summed E-state index contributed by atoms with van der Waals surface area (Å²) in [5.41, 5.74) is 0. The molecule has 3 nitrogen and oxygen atoms in total. The van der Waals surface area contributed by atoms with Crippen molar-refractivity contribution in [3.05, 3.63) is 18.2 Å². The highest BCUT2D eigenvalue weighted by Crippen LogP contribution is 2.13. The number of anilines is 1. The summed E-state index contributed by atoms with van der Waals surface area (Å²) in [6.45, 7) is 4.36. The minimum Gasteiger partial charge on any atom is -0.481 e. The van der Waals surface area contributed by atoms with Gasteiger partial charge in [-0.3, -0.25) is 0 Å². The zero-order chi connectivity index (χ0) is 11.8. The number of nitrogens with one attached hydrogen (secondary N) is 1. The number of nitrogens with zero attached hydrogens (tertiary/aromatic N) is 1. The molecule has 90 valence electrons. The SMILES string of the molecule is CCSCCC(C)Nc1cccc(OC)n1. The van der Waals surface area contributed by atoms with Crippen molar-refractivity contribution in [2.24, 2.45) is 0 Å². The number of pyridine rings is 1. The van der Waals surface area contributed by atoms with Crippen LogP contribution in [0.25, 0.3) is 0 Å². The molecule has 0 aliphatic rings. The maximum Gasteiger partial charge on any atom is 0.214 e. The molecule has 16 heavy (non-hydrogen) atoms. The van der Waals surface area contributed by atoms with Crippen LogP contribution in [0.2, 0.25) is 0 Å². The summed E-state index contributed by atoms with van der Waals surface area (Å²) < 4.78 is 5.08. The van der Waals surface area contributed by atoms with Crippen molar-refractivity contribution in [3.8, 4) is 5.88 Å². The summed E-state index contributed by atoms with van der Waals surface area (Å²) in [6.07, 6.45) is 1.15. The van der Waals surface area contributed by atoms with Crippen LogP contribution in [-0.2, 0) is 0 Å². The third-order valence-electron chi connectivity index (χ3n) is 2.23. The van der Waals surface area contributed by atoms with Gasteiger partial charge in [0.1, 0.15) is 5.82 Å². The summed E-state index contributed by atoms with van der Waals surface area (Å²) in [5, 5.41) is 3.37. The molecule has 0 aliphatic carbocycles. The molecular weight excluding hydrogens is 220 g/mol. The van der Waals surface area contributed by atoms with Crippen molar-refractivity contribution in [1.29, 1.82) is 0 Å². The van der Waals surface area contributed by atoms with Crippen LogP contribution >= 0.6 is 11.8 Å². The van der Waals surface area contributed by atoms with Gasteiger partial charge in [-0.05, 0) is 30.9 Å². The third kappa shape index (κ3) is 4.75. The van der Waals surface area contributed by atoms with Crippen molar-refractivity contribution < 1.29 is 4.74 Å². The summed E-state index contributed by atoms with van der Waals surface area (Å²) in [4.78, 5) is 4.32. The predicted octanol–water partition coefficient (Wildman–Crippen LogP) is 3.03. The number of methoxy groups -OCH3 is 1. The van der Waals surface area contributed by atoms with Gasteiger partial charge in [-0.15, -0.1) is 0 Å². The number of hydrogen-bond acceptors (Lipinski definition) is 4. The Bertz CT molecular complexity index is 307. The van der Waals surface area contributed by atoms with E-state index in [9.17, 15) is 0 Å². The molecule has 1 unspecified atom stereocenters. The molecule has 0 bridgehead atoms. The zero-order valence-electron chi connectivity index (χ0n) is 10.2. The maximum absolute atomic E-state index is 5.08. The second-order valence-corrected chi connectivity index (χ2v) is 4.99. The van der Waals surface area contributed by atoms with E-state index in [1.54, 1.807) is 7.11 Å². The monoisotopic (exact) mass is 240 g/mol. The molecule has 1 rings (SSSR count). The molecule has 0 radical (unpaired) electrons. The minimum absolute atomic E-state index is 0.443. The highest BCUT2D eigenvalue weighted by atomic mass is 32.2. The number of rotatable bonds is 7. The normalized spacial score (nSPS) is 12.2. The van der Waals surface area contributed by atoms with Crippen LogP contribution in [0, 0.1) is 0 Å². The van der Waals surface area contributed by atoms with Gasteiger partial charge < -0.3 is 10.1 Å². The van der Waals surface area contributed by atoms with Crippen molar-refractivity contribution in [2.75, 3.05) is 23.9 Å². The van der Waals surface area contributed by atoms with E-state index in [1.165, 1.54) is 11.5 Å². The van der Waals surface area contributed by atoms with Gasteiger partial charge in [0, 0.05) is 12.1 Å². The van der Waals surface area contributed by atoms with Crippen LogP contribution in [0.1, 0.15) is 20.3 Å². The lowest BCUT2D eigenvalue weighted by Gasteiger charge is -2.14. The maximum atomic E-state index is 5.08. The van der Waals surface area contributed by atoms with Gasteiger partial charge >= 0.3 is 0 Å². The van der Waals surface area contributed by atoms with Crippen molar-refractivity contribution in [2.45, 2.75) is 26.3 Å². The average molecular weight is 240 g/mol. The van der Waals surface area contributed by atoms with E-state index < -0.39 is 0 Å². The Hall–Kier alpha value is -0.900. The fraction of sp³-hybridized carbons (Fsp3) is 0.583. The molecule has 1 atom stereocenters. The van der Waals surface area contributed by atoms with Gasteiger partial charge in [0.25, 0.3) is 0 Å². The van der Waals surface area contributed by atoms with Crippen molar-refractivity contribution >= 4 is 17.6 Å². The van der Waals surface area contributed by atoms with Crippen LogP contribution in [-0.4, -0.2) is 29.6 Å². The molecule has 1 aromatic heterocycles. The highest BCUT2D eigenvalue weighted by Gasteiger charge is 2.03. The lowest BCUT2D eigenvalue weighted by atomic mass is 10.2. The van der Waals surface area contributed by atoms with E-state index in [1.807, 2.05) is 30.0 Å². The van der Waals surface area contributed by atoms with Crippen LogP contribution in [0.4, 0.5) is 5.82 Å². The Morgan fingerprint density at radius 3 is 3.00 bits per heavy atom. The first-order chi connectivity index (χ1) is 7.76. The Balaban J connectivity index is 2.39.